The number of nitrogens with zero attached hydrogens (tertiary/aromatic N) is 1. The van der Waals surface area contributed by atoms with Gasteiger partial charge in [0.15, 0.2) is 0 Å². The number of rotatable bonds is 3. The van der Waals surface area contributed by atoms with Gasteiger partial charge in [-0.15, -0.1) is 0 Å². The zero-order valence-electron chi connectivity index (χ0n) is 16.9. The summed E-state index contributed by atoms with van der Waals surface area (Å²) in [4.78, 5) is 25.2. The van der Waals surface area contributed by atoms with Gasteiger partial charge in [-0.2, -0.15) is 0 Å². The number of hydrogen-bond acceptors (Lipinski definition) is 4. The Kier molecular flexibility index (Phi) is 5.74. The van der Waals surface area contributed by atoms with Gasteiger partial charge >= 0.3 is 0 Å². The molecule has 4 aliphatic rings. The highest BCUT2D eigenvalue weighted by atomic mass is 16.2. The van der Waals surface area contributed by atoms with Gasteiger partial charge < -0.3 is 10.6 Å². The Morgan fingerprint density at radius 2 is 1.89 bits per heavy atom. The maximum absolute atomic E-state index is 13.1. The molecule has 0 aromatic rings. The van der Waals surface area contributed by atoms with E-state index in [4.69, 9.17) is 0 Å². The number of fused-ring (bicyclic) bond motifs is 1. The number of carbonyl (C=O) groups excluding carboxylic acids is 2. The minimum absolute atomic E-state index is 0.0592. The molecule has 7 unspecified atom stereocenters. The summed E-state index contributed by atoms with van der Waals surface area (Å²) < 4.78 is 0. The fourth-order valence-corrected chi connectivity index (χ4v) is 6.11. The summed E-state index contributed by atoms with van der Waals surface area (Å²) in [6, 6.07) is 2.06. The Bertz CT molecular complexity index is 568. The van der Waals surface area contributed by atoms with Gasteiger partial charge in [-0.05, 0) is 64.7 Å². The first-order valence-corrected chi connectivity index (χ1v) is 11.2. The fourth-order valence-electron chi connectivity index (χ4n) is 6.11. The van der Waals surface area contributed by atoms with E-state index in [1.165, 1.54) is 25.7 Å². The van der Waals surface area contributed by atoms with Crippen LogP contribution in [-0.4, -0.2) is 47.0 Å². The van der Waals surface area contributed by atoms with E-state index in [2.05, 4.69) is 34.9 Å². The van der Waals surface area contributed by atoms with E-state index in [1.807, 2.05) is 0 Å². The third-order valence-corrected chi connectivity index (χ3v) is 7.35. The number of amides is 2. The third kappa shape index (κ3) is 4.16. The van der Waals surface area contributed by atoms with Crippen molar-refractivity contribution in [3.05, 3.63) is 0 Å². The van der Waals surface area contributed by atoms with Crippen molar-refractivity contribution in [3.63, 3.8) is 0 Å². The summed E-state index contributed by atoms with van der Waals surface area (Å²) >= 11 is 0. The highest BCUT2D eigenvalue weighted by molar-refractivity contribution is 5.87. The van der Waals surface area contributed by atoms with E-state index in [0.29, 0.717) is 30.5 Å². The molecule has 4 fully saturated rings. The summed E-state index contributed by atoms with van der Waals surface area (Å²) in [6.07, 6.45) is 10.4. The molecule has 7 atom stereocenters. The van der Waals surface area contributed by atoms with Crippen molar-refractivity contribution in [2.75, 3.05) is 0 Å². The van der Waals surface area contributed by atoms with E-state index in [-0.39, 0.29) is 29.8 Å². The van der Waals surface area contributed by atoms with Crippen molar-refractivity contribution in [2.24, 2.45) is 11.8 Å². The average molecular weight is 377 g/mol. The molecule has 6 heteroatoms. The van der Waals surface area contributed by atoms with E-state index in [0.717, 1.165) is 32.1 Å². The topological polar surface area (TPSA) is 73.5 Å². The molecule has 2 aliphatic heterocycles. The number of nitrogens with one attached hydrogen (secondary N) is 3. The zero-order chi connectivity index (χ0) is 19.0. The van der Waals surface area contributed by atoms with Crippen LogP contribution in [0.4, 0.5) is 0 Å². The summed E-state index contributed by atoms with van der Waals surface area (Å²) in [5.41, 5.74) is 3.62. The minimum atomic E-state index is -0.131. The van der Waals surface area contributed by atoms with Crippen molar-refractivity contribution in [1.29, 1.82) is 0 Å². The van der Waals surface area contributed by atoms with Crippen LogP contribution in [0.1, 0.15) is 78.1 Å². The lowest BCUT2D eigenvalue weighted by Gasteiger charge is -2.42. The van der Waals surface area contributed by atoms with Crippen molar-refractivity contribution in [3.8, 4) is 0 Å². The molecule has 2 amide bonds. The van der Waals surface area contributed by atoms with Crippen molar-refractivity contribution in [1.82, 2.24) is 21.1 Å². The lowest BCUT2D eigenvalue weighted by Crippen LogP contribution is -2.56. The molecule has 0 aromatic carbocycles. The third-order valence-electron chi connectivity index (χ3n) is 7.35. The number of piperidine rings is 1. The van der Waals surface area contributed by atoms with Gasteiger partial charge in [0.25, 0.3) is 0 Å². The molecule has 3 N–H and O–H groups in total. The summed E-state index contributed by atoms with van der Waals surface area (Å²) in [7, 11) is 0. The van der Waals surface area contributed by atoms with E-state index >= 15 is 0 Å². The van der Waals surface area contributed by atoms with Gasteiger partial charge in [0.2, 0.25) is 11.8 Å². The minimum Gasteiger partial charge on any atom is -0.353 e. The molecule has 4 rings (SSSR count). The predicted molar refractivity (Wildman–Crippen MR) is 105 cm³/mol. The van der Waals surface area contributed by atoms with Gasteiger partial charge in [0.1, 0.15) is 0 Å². The van der Waals surface area contributed by atoms with E-state index in [1.54, 1.807) is 0 Å². The van der Waals surface area contributed by atoms with Gasteiger partial charge in [0, 0.05) is 36.6 Å². The molecular formula is C21H36N4O2. The number of hydrazine groups is 1. The Morgan fingerprint density at radius 1 is 1.07 bits per heavy atom. The Hall–Kier alpha value is -1.14. The first-order valence-electron chi connectivity index (χ1n) is 11.2. The molecular weight excluding hydrogens is 340 g/mol. The first-order chi connectivity index (χ1) is 13.0. The Labute approximate surface area is 163 Å². The molecule has 0 bridgehead atoms. The Morgan fingerprint density at radius 3 is 2.67 bits per heavy atom. The molecule has 0 radical (unpaired) electrons. The molecule has 2 aliphatic carbocycles. The molecule has 27 heavy (non-hydrogen) atoms. The van der Waals surface area contributed by atoms with Crippen LogP contribution in [-0.2, 0) is 9.59 Å². The first kappa shape index (κ1) is 19.2. The summed E-state index contributed by atoms with van der Waals surface area (Å²) in [5, 5.41) is 8.91. The molecule has 0 aromatic heterocycles. The molecule has 2 heterocycles. The van der Waals surface area contributed by atoms with Crippen LogP contribution in [0.15, 0.2) is 0 Å². The van der Waals surface area contributed by atoms with Gasteiger partial charge in [0.05, 0.1) is 5.92 Å². The normalized spacial score (nSPS) is 43.0. The summed E-state index contributed by atoms with van der Waals surface area (Å²) in [6.45, 7) is 4.54. The van der Waals surface area contributed by atoms with Gasteiger partial charge in [-0.1, -0.05) is 12.8 Å². The second-order valence-corrected chi connectivity index (χ2v) is 9.48. The lowest BCUT2D eigenvalue weighted by atomic mass is 9.72. The molecule has 0 spiro atoms. The number of hydrogen-bond donors (Lipinski definition) is 3. The highest BCUT2D eigenvalue weighted by Gasteiger charge is 2.42. The SMILES string of the molecule is CC1CC(C)N(C2CCCC(NC(=O)C3CC(=O)NC4CCCCC43)C2)N1. The van der Waals surface area contributed by atoms with Crippen LogP contribution in [0.5, 0.6) is 0 Å². The Balaban J connectivity index is 1.36. The molecule has 6 nitrogen and oxygen atoms in total. The largest absolute Gasteiger partial charge is 0.353 e. The van der Waals surface area contributed by atoms with Crippen molar-refractivity contribution < 1.29 is 9.59 Å². The van der Waals surface area contributed by atoms with E-state index in [9.17, 15) is 9.59 Å². The monoisotopic (exact) mass is 376 g/mol. The summed E-state index contributed by atoms with van der Waals surface area (Å²) in [5.74, 6) is 0.386. The van der Waals surface area contributed by atoms with Crippen LogP contribution in [0.2, 0.25) is 0 Å². The van der Waals surface area contributed by atoms with Gasteiger partial charge in [-0.25, -0.2) is 5.01 Å². The van der Waals surface area contributed by atoms with E-state index < -0.39 is 0 Å². The van der Waals surface area contributed by atoms with Crippen LogP contribution < -0.4 is 16.1 Å². The van der Waals surface area contributed by atoms with Gasteiger partial charge in [-0.3, -0.25) is 15.0 Å². The van der Waals surface area contributed by atoms with Crippen LogP contribution in [0.3, 0.4) is 0 Å². The molecule has 152 valence electrons. The fraction of sp³-hybridized carbons (Fsp3) is 0.905. The van der Waals surface area contributed by atoms with Crippen LogP contribution >= 0.6 is 0 Å². The second-order valence-electron chi connectivity index (χ2n) is 9.48. The quantitative estimate of drug-likeness (QED) is 0.705. The maximum atomic E-state index is 13.1. The molecule has 2 saturated carbocycles. The van der Waals surface area contributed by atoms with Crippen molar-refractivity contribution in [2.45, 2.75) is 108 Å². The second kappa shape index (κ2) is 8.08. The number of carbonyl (C=O) groups is 2. The lowest BCUT2D eigenvalue weighted by molar-refractivity contribution is -0.138. The molecule has 2 saturated heterocycles. The highest BCUT2D eigenvalue weighted by Crippen LogP contribution is 2.36. The predicted octanol–water partition coefficient (Wildman–Crippen LogP) is 2.10. The smallest absolute Gasteiger partial charge is 0.224 e. The zero-order valence-corrected chi connectivity index (χ0v) is 16.9. The average Bonchev–Trinajstić information content (AvgIpc) is 2.99. The van der Waals surface area contributed by atoms with Crippen molar-refractivity contribution >= 4 is 11.8 Å². The maximum Gasteiger partial charge on any atom is 0.224 e. The standard InChI is InChI=1S/C21H36N4O2/c1-13-10-14(2)25(24-13)16-7-5-6-15(11-16)22-21(27)18-12-20(26)23-19-9-4-3-8-17(18)19/h13-19,24H,3-12H2,1-2H3,(H,22,27)(H,23,26). The van der Waals surface area contributed by atoms with Crippen LogP contribution in [0, 0.1) is 11.8 Å². The van der Waals surface area contributed by atoms with Crippen LogP contribution in [0.25, 0.3) is 0 Å².